The zero-order valence-corrected chi connectivity index (χ0v) is 10.9. The quantitative estimate of drug-likeness (QED) is 0.455. The van der Waals surface area contributed by atoms with E-state index in [9.17, 15) is 14.9 Å². The van der Waals surface area contributed by atoms with Gasteiger partial charge in [-0.3, -0.25) is 0 Å². The van der Waals surface area contributed by atoms with Crippen molar-refractivity contribution >= 4 is 5.97 Å². The summed E-state index contributed by atoms with van der Waals surface area (Å²) < 4.78 is 16.2. The van der Waals surface area contributed by atoms with Gasteiger partial charge in [0.1, 0.15) is 12.2 Å². The van der Waals surface area contributed by atoms with Crippen molar-refractivity contribution in [1.29, 1.82) is 0 Å². The van der Waals surface area contributed by atoms with E-state index < -0.39 is 35.5 Å². The lowest BCUT2D eigenvalue weighted by Crippen LogP contribution is -2.35. The van der Waals surface area contributed by atoms with Crippen LogP contribution in [0.15, 0.2) is 30.3 Å². The molecule has 0 bridgehead atoms. The Bertz CT molecular complexity index is 535. The molecule has 0 radical (unpaired) electrons. The topological polar surface area (TPSA) is 97.1 Å². The van der Waals surface area contributed by atoms with E-state index in [0.29, 0.717) is 5.56 Å². The van der Waals surface area contributed by atoms with Crippen molar-refractivity contribution in [2.45, 2.75) is 24.4 Å². The Kier molecular flexibility index (Phi) is 3.72. The second-order valence-electron chi connectivity index (χ2n) is 4.77. The van der Waals surface area contributed by atoms with Gasteiger partial charge in [0.25, 0.3) is 5.09 Å². The van der Waals surface area contributed by atoms with E-state index >= 15 is 0 Å². The van der Waals surface area contributed by atoms with Crippen molar-refractivity contribution in [3.8, 4) is 0 Å². The van der Waals surface area contributed by atoms with E-state index in [2.05, 4.69) is 4.84 Å². The molecule has 21 heavy (non-hydrogen) atoms. The molecule has 0 unspecified atom stereocenters. The molecule has 2 saturated heterocycles. The van der Waals surface area contributed by atoms with Crippen LogP contribution in [0.2, 0.25) is 0 Å². The zero-order chi connectivity index (χ0) is 14.8. The van der Waals surface area contributed by atoms with Crippen LogP contribution in [0.4, 0.5) is 0 Å². The first-order valence-electron chi connectivity index (χ1n) is 6.45. The van der Waals surface area contributed by atoms with Gasteiger partial charge in [-0.05, 0) is 12.1 Å². The van der Waals surface area contributed by atoms with Crippen molar-refractivity contribution in [2.24, 2.45) is 0 Å². The molecule has 0 amide bonds. The fourth-order valence-corrected chi connectivity index (χ4v) is 2.51. The fraction of sp³-hybridized carbons (Fsp3) is 0.462. The molecule has 2 heterocycles. The largest absolute Gasteiger partial charge is 0.453 e. The van der Waals surface area contributed by atoms with Gasteiger partial charge in [0.2, 0.25) is 0 Å². The first kappa shape index (κ1) is 13.8. The summed E-state index contributed by atoms with van der Waals surface area (Å²) in [6, 6.07) is 8.55. The number of fused-ring (bicyclic) bond motifs is 1. The van der Waals surface area contributed by atoms with Gasteiger partial charge in [0.15, 0.2) is 12.2 Å². The van der Waals surface area contributed by atoms with Gasteiger partial charge >= 0.3 is 5.97 Å². The summed E-state index contributed by atoms with van der Waals surface area (Å²) in [4.78, 5) is 26.8. The zero-order valence-electron chi connectivity index (χ0n) is 10.9. The first-order valence-corrected chi connectivity index (χ1v) is 6.45. The SMILES string of the molecule is O=C(O[C@H]1CO[C@H]2[C@@H]1OC[C@H]2O[N+](=O)[O-])c1ccccc1. The molecule has 2 fully saturated rings. The summed E-state index contributed by atoms with van der Waals surface area (Å²) in [6.45, 7) is 0.168. The Morgan fingerprint density at radius 2 is 1.76 bits per heavy atom. The van der Waals surface area contributed by atoms with Crippen LogP contribution in [0.1, 0.15) is 10.4 Å². The molecule has 0 N–H and O–H groups in total. The lowest BCUT2D eigenvalue weighted by atomic mass is 10.1. The average molecular weight is 295 g/mol. The highest BCUT2D eigenvalue weighted by atomic mass is 17.0. The summed E-state index contributed by atoms with van der Waals surface area (Å²) in [5.74, 6) is -0.480. The Labute approximate surface area is 119 Å². The fourth-order valence-electron chi connectivity index (χ4n) is 2.51. The lowest BCUT2D eigenvalue weighted by molar-refractivity contribution is -0.769. The number of rotatable bonds is 4. The molecule has 0 saturated carbocycles. The number of carbonyl (C=O) groups excluding carboxylic acids is 1. The Hall–Kier alpha value is -2.19. The van der Waals surface area contributed by atoms with Crippen LogP contribution in [0, 0.1) is 10.1 Å². The van der Waals surface area contributed by atoms with Gasteiger partial charge in [-0.25, -0.2) is 4.79 Å². The van der Waals surface area contributed by atoms with E-state index in [1.807, 2.05) is 0 Å². The molecule has 1 aromatic rings. The maximum Gasteiger partial charge on any atom is 0.338 e. The molecule has 112 valence electrons. The van der Waals surface area contributed by atoms with Gasteiger partial charge in [-0.15, -0.1) is 10.1 Å². The lowest BCUT2D eigenvalue weighted by Gasteiger charge is -2.16. The molecule has 8 heteroatoms. The number of benzene rings is 1. The van der Waals surface area contributed by atoms with Crippen LogP contribution >= 0.6 is 0 Å². The third kappa shape index (κ3) is 2.81. The minimum atomic E-state index is -0.872. The van der Waals surface area contributed by atoms with Gasteiger partial charge in [0, 0.05) is 0 Å². The van der Waals surface area contributed by atoms with Crippen LogP contribution in [-0.4, -0.2) is 48.7 Å². The van der Waals surface area contributed by atoms with Crippen LogP contribution in [0.25, 0.3) is 0 Å². The molecule has 3 rings (SSSR count). The summed E-state index contributed by atoms with van der Waals surface area (Å²) >= 11 is 0. The third-order valence-corrected chi connectivity index (χ3v) is 3.45. The van der Waals surface area contributed by atoms with Gasteiger partial charge in [-0.2, -0.15) is 0 Å². The summed E-state index contributed by atoms with van der Waals surface area (Å²) in [5, 5.41) is 9.50. The smallest absolute Gasteiger partial charge is 0.338 e. The van der Waals surface area contributed by atoms with E-state index in [4.69, 9.17) is 14.2 Å². The minimum absolute atomic E-state index is 0.0374. The minimum Gasteiger partial charge on any atom is -0.453 e. The van der Waals surface area contributed by atoms with E-state index in [1.54, 1.807) is 30.3 Å². The predicted molar refractivity (Wildman–Crippen MR) is 67.0 cm³/mol. The van der Waals surface area contributed by atoms with Gasteiger partial charge < -0.3 is 19.0 Å². The van der Waals surface area contributed by atoms with Crippen molar-refractivity contribution < 1.29 is 28.9 Å². The number of nitrogens with zero attached hydrogens (tertiary/aromatic N) is 1. The highest BCUT2D eigenvalue weighted by Gasteiger charge is 2.51. The van der Waals surface area contributed by atoms with Crippen molar-refractivity contribution in [3.63, 3.8) is 0 Å². The summed E-state index contributed by atoms with van der Waals surface area (Å²) in [5.41, 5.74) is 0.428. The molecule has 1 aromatic carbocycles. The van der Waals surface area contributed by atoms with Gasteiger partial charge in [0.05, 0.1) is 18.8 Å². The standard InChI is InChI=1S/C13H13NO7/c15-13(8-4-2-1-3-5-8)20-9-6-18-12-10(21-14(16)17)7-19-11(9)12/h1-5,9-12H,6-7H2/t9-,10+,11+,12+/m0/s1. The van der Waals surface area contributed by atoms with Crippen LogP contribution < -0.4 is 0 Å². The number of ether oxygens (including phenoxy) is 3. The molecule has 2 aliphatic rings. The Morgan fingerprint density at radius 3 is 2.43 bits per heavy atom. The van der Waals surface area contributed by atoms with E-state index in [-0.39, 0.29) is 13.2 Å². The summed E-state index contributed by atoms with van der Waals surface area (Å²) in [6.07, 6.45) is -2.51. The molecule has 8 nitrogen and oxygen atoms in total. The average Bonchev–Trinajstić information content (AvgIpc) is 3.04. The van der Waals surface area contributed by atoms with Crippen LogP contribution in [-0.2, 0) is 19.0 Å². The second-order valence-corrected chi connectivity index (χ2v) is 4.77. The molecule has 0 aromatic heterocycles. The molecular weight excluding hydrogens is 282 g/mol. The van der Waals surface area contributed by atoms with Crippen molar-refractivity contribution in [3.05, 3.63) is 46.0 Å². The second kappa shape index (κ2) is 5.66. The van der Waals surface area contributed by atoms with Crippen LogP contribution in [0.3, 0.4) is 0 Å². The highest BCUT2D eigenvalue weighted by Crippen LogP contribution is 2.30. The van der Waals surface area contributed by atoms with Gasteiger partial charge in [-0.1, -0.05) is 18.2 Å². The van der Waals surface area contributed by atoms with Crippen LogP contribution in [0.5, 0.6) is 0 Å². The van der Waals surface area contributed by atoms with Crippen molar-refractivity contribution in [2.75, 3.05) is 13.2 Å². The van der Waals surface area contributed by atoms with E-state index in [0.717, 1.165) is 0 Å². The van der Waals surface area contributed by atoms with E-state index in [1.165, 1.54) is 0 Å². The summed E-state index contributed by atoms with van der Waals surface area (Å²) in [7, 11) is 0. The number of hydrogen-bond donors (Lipinski definition) is 0. The molecular formula is C13H13NO7. The normalized spacial score (nSPS) is 30.7. The third-order valence-electron chi connectivity index (χ3n) is 3.45. The maximum absolute atomic E-state index is 12.0. The number of esters is 1. The molecule has 0 aliphatic carbocycles. The Morgan fingerprint density at radius 1 is 1.14 bits per heavy atom. The highest BCUT2D eigenvalue weighted by molar-refractivity contribution is 5.89. The Balaban J connectivity index is 1.62. The number of carbonyl (C=O) groups is 1. The van der Waals surface area contributed by atoms with Crippen molar-refractivity contribution in [1.82, 2.24) is 0 Å². The maximum atomic E-state index is 12.0. The molecule has 0 spiro atoms. The molecule has 2 aliphatic heterocycles. The monoisotopic (exact) mass is 295 g/mol. The number of hydrogen-bond acceptors (Lipinski definition) is 7. The molecule has 4 atom stereocenters. The predicted octanol–water partition coefficient (Wildman–Crippen LogP) is 0.586. The first-order chi connectivity index (χ1) is 10.1.